The molecule has 2 aromatic rings. The predicted molar refractivity (Wildman–Crippen MR) is 61.1 cm³/mol. The van der Waals surface area contributed by atoms with E-state index in [-0.39, 0.29) is 16.5 Å². The highest BCUT2D eigenvalue weighted by molar-refractivity contribution is 6.30. The third-order valence-electron chi connectivity index (χ3n) is 1.81. The second-order valence-electron chi connectivity index (χ2n) is 3.20. The van der Waals surface area contributed by atoms with E-state index in [9.17, 15) is 13.2 Å². The summed E-state index contributed by atoms with van der Waals surface area (Å²) in [6, 6.07) is 6.25. The fourth-order valence-electron chi connectivity index (χ4n) is 0.970. The third kappa shape index (κ3) is 4.18. The Bertz CT molecular complexity index is 497. The van der Waals surface area contributed by atoms with Gasteiger partial charge in [0, 0.05) is 12.1 Å². The molecule has 2 N–H and O–H groups in total. The van der Waals surface area contributed by atoms with Crippen molar-refractivity contribution < 1.29 is 23.4 Å². The molecule has 18 heavy (non-hydrogen) atoms. The Hall–Kier alpha value is -1.88. The predicted octanol–water partition coefficient (Wildman–Crippen LogP) is 3.86. The molecule has 2 nitrogen and oxygen atoms in total. The van der Waals surface area contributed by atoms with Crippen LogP contribution in [0.25, 0.3) is 0 Å². The summed E-state index contributed by atoms with van der Waals surface area (Å²) in [4.78, 5) is 0. The number of benzene rings is 2. The first-order chi connectivity index (χ1) is 8.40. The van der Waals surface area contributed by atoms with E-state index in [4.69, 9.17) is 21.8 Å². The molecular formula is C12H8ClF3O2. The van der Waals surface area contributed by atoms with Crippen LogP contribution in [0.2, 0.25) is 5.02 Å². The minimum absolute atomic E-state index is 0.0211. The first-order valence-electron chi connectivity index (χ1n) is 4.68. The maximum Gasteiger partial charge on any atom is 0.162 e. The molecule has 0 bridgehead atoms. The molecule has 0 aliphatic rings. The lowest BCUT2D eigenvalue weighted by molar-refractivity contribution is 0.455. The van der Waals surface area contributed by atoms with E-state index in [1.54, 1.807) is 0 Å². The average Bonchev–Trinajstić information content (AvgIpc) is 2.30. The van der Waals surface area contributed by atoms with Gasteiger partial charge < -0.3 is 10.2 Å². The Morgan fingerprint density at radius 3 is 1.61 bits per heavy atom. The van der Waals surface area contributed by atoms with E-state index >= 15 is 0 Å². The molecule has 2 aromatic carbocycles. The zero-order valence-electron chi connectivity index (χ0n) is 8.87. The largest absolute Gasteiger partial charge is 0.508 e. The van der Waals surface area contributed by atoms with Crippen LogP contribution < -0.4 is 0 Å². The van der Waals surface area contributed by atoms with Crippen molar-refractivity contribution in [1.29, 1.82) is 0 Å². The Balaban J connectivity index is 0.000000180. The topological polar surface area (TPSA) is 40.5 Å². The normalized spacial score (nSPS) is 9.56. The standard InChI is InChI=1S/C6H4ClFO.C6H4F2O/c2*7-5-2-1-4(9)3-6(5)8/h2*1-3,9H. The molecule has 2 rings (SSSR count). The summed E-state index contributed by atoms with van der Waals surface area (Å²) < 4.78 is 36.3. The van der Waals surface area contributed by atoms with Crippen LogP contribution in [-0.4, -0.2) is 10.2 Å². The van der Waals surface area contributed by atoms with Crippen molar-refractivity contribution in [2.45, 2.75) is 0 Å². The highest BCUT2D eigenvalue weighted by atomic mass is 35.5. The first kappa shape index (κ1) is 14.2. The van der Waals surface area contributed by atoms with Crippen LogP contribution >= 0.6 is 11.6 Å². The van der Waals surface area contributed by atoms with E-state index in [2.05, 4.69) is 0 Å². The fraction of sp³-hybridized carbons (Fsp3) is 0. The summed E-state index contributed by atoms with van der Waals surface area (Å²) in [5.74, 6) is -2.97. The lowest BCUT2D eigenvalue weighted by Gasteiger charge is -1.92. The van der Waals surface area contributed by atoms with Crippen LogP contribution in [0.4, 0.5) is 13.2 Å². The van der Waals surface area contributed by atoms with E-state index in [1.807, 2.05) is 0 Å². The summed E-state index contributed by atoms with van der Waals surface area (Å²) in [5.41, 5.74) is 0. The molecule has 0 fully saturated rings. The van der Waals surface area contributed by atoms with Gasteiger partial charge >= 0.3 is 0 Å². The van der Waals surface area contributed by atoms with Crippen LogP contribution in [0.5, 0.6) is 11.5 Å². The van der Waals surface area contributed by atoms with Crippen molar-refractivity contribution in [2.24, 2.45) is 0 Å². The lowest BCUT2D eigenvalue weighted by Crippen LogP contribution is -1.79. The third-order valence-corrected chi connectivity index (χ3v) is 2.11. The number of aromatic hydroxyl groups is 2. The van der Waals surface area contributed by atoms with Crippen molar-refractivity contribution in [3.05, 3.63) is 58.9 Å². The van der Waals surface area contributed by atoms with Crippen molar-refractivity contribution in [2.75, 3.05) is 0 Å². The molecule has 0 aliphatic carbocycles. The summed E-state index contributed by atoms with van der Waals surface area (Å²) in [5, 5.41) is 17.2. The van der Waals surface area contributed by atoms with Crippen LogP contribution in [0.3, 0.4) is 0 Å². The molecular weight excluding hydrogens is 269 g/mol. The van der Waals surface area contributed by atoms with Crippen molar-refractivity contribution in [3.8, 4) is 11.5 Å². The molecule has 0 spiro atoms. The van der Waals surface area contributed by atoms with E-state index < -0.39 is 17.5 Å². The van der Waals surface area contributed by atoms with Gasteiger partial charge in [0.25, 0.3) is 0 Å². The number of phenolic OH excluding ortho intramolecular Hbond substituents is 2. The monoisotopic (exact) mass is 276 g/mol. The van der Waals surface area contributed by atoms with Gasteiger partial charge in [-0.1, -0.05) is 11.6 Å². The number of phenols is 2. The van der Waals surface area contributed by atoms with Gasteiger partial charge in [-0.25, -0.2) is 13.2 Å². The minimum Gasteiger partial charge on any atom is -0.508 e. The number of hydrogen-bond acceptors (Lipinski definition) is 2. The number of halogens is 4. The highest BCUT2D eigenvalue weighted by Gasteiger charge is 1.99. The SMILES string of the molecule is Oc1ccc(Cl)c(F)c1.Oc1ccc(F)c(F)c1. The molecule has 0 aromatic heterocycles. The maximum atomic E-state index is 12.3. The Kier molecular flexibility index (Phi) is 4.85. The average molecular weight is 277 g/mol. The summed E-state index contributed by atoms with van der Waals surface area (Å²) in [6.45, 7) is 0. The van der Waals surface area contributed by atoms with E-state index in [0.29, 0.717) is 0 Å². The van der Waals surface area contributed by atoms with Gasteiger partial charge in [0.05, 0.1) is 5.02 Å². The van der Waals surface area contributed by atoms with Crippen LogP contribution in [0.1, 0.15) is 0 Å². The summed E-state index contributed by atoms with van der Waals surface area (Å²) in [7, 11) is 0. The van der Waals surface area contributed by atoms with Crippen LogP contribution in [0.15, 0.2) is 36.4 Å². The Morgan fingerprint density at radius 1 is 0.722 bits per heavy atom. The zero-order chi connectivity index (χ0) is 13.7. The molecule has 0 atom stereocenters. The molecule has 0 heterocycles. The second kappa shape index (κ2) is 6.16. The van der Waals surface area contributed by atoms with Gasteiger partial charge in [-0.3, -0.25) is 0 Å². The smallest absolute Gasteiger partial charge is 0.162 e. The molecule has 0 amide bonds. The summed E-state index contributed by atoms with van der Waals surface area (Å²) >= 11 is 5.29. The first-order valence-corrected chi connectivity index (χ1v) is 5.06. The highest BCUT2D eigenvalue weighted by Crippen LogP contribution is 2.18. The van der Waals surface area contributed by atoms with Gasteiger partial charge in [-0.15, -0.1) is 0 Å². The van der Waals surface area contributed by atoms with Crippen molar-refractivity contribution >= 4 is 11.6 Å². The van der Waals surface area contributed by atoms with Gasteiger partial charge in [-0.05, 0) is 24.3 Å². The van der Waals surface area contributed by atoms with Crippen LogP contribution in [0, 0.1) is 17.5 Å². The van der Waals surface area contributed by atoms with Crippen molar-refractivity contribution in [1.82, 2.24) is 0 Å². The van der Waals surface area contributed by atoms with Crippen LogP contribution in [-0.2, 0) is 0 Å². The second-order valence-corrected chi connectivity index (χ2v) is 3.60. The zero-order valence-corrected chi connectivity index (χ0v) is 9.63. The minimum atomic E-state index is -1.03. The molecule has 6 heteroatoms. The van der Waals surface area contributed by atoms with Crippen molar-refractivity contribution in [3.63, 3.8) is 0 Å². The Labute approximate surface area is 106 Å². The van der Waals surface area contributed by atoms with Gasteiger partial charge in [0.15, 0.2) is 11.6 Å². The van der Waals surface area contributed by atoms with Gasteiger partial charge in [0.2, 0.25) is 0 Å². The van der Waals surface area contributed by atoms with E-state index in [1.165, 1.54) is 12.1 Å². The number of rotatable bonds is 0. The molecule has 96 valence electrons. The van der Waals surface area contributed by atoms with Gasteiger partial charge in [-0.2, -0.15) is 0 Å². The van der Waals surface area contributed by atoms with E-state index in [0.717, 1.165) is 24.3 Å². The molecule has 0 saturated carbocycles. The molecule has 0 aliphatic heterocycles. The fourth-order valence-corrected chi connectivity index (χ4v) is 1.09. The quantitative estimate of drug-likeness (QED) is 0.767. The molecule has 0 radical (unpaired) electrons. The number of hydrogen-bond donors (Lipinski definition) is 2. The summed E-state index contributed by atoms with van der Waals surface area (Å²) in [6.07, 6.45) is 0. The molecule has 0 saturated heterocycles. The molecule has 0 unspecified atom stereocenters. The maximum absolute atomic E-state index is 12.3. The van der Waals surface area contributed by atoms with Gasteiger partial charge in [0.1, 0.15) is 17.3 Å². The lowest BCUT2D eigenvalue weighted by atomic mass is 10.3. The Morgan fingerprint density at radius 2 is 1.22 bits per heavy atom.